The van der Waals surface area contributed by atoms with Gasteiger partial charge in [0.25, 0.3) is 0 Å². The molecule has 0 radical (unpaired) electrons. The lowest BCUT2D eigenvalue weighted by Gasteiger charge is -2.10. The molecule has 0 N–H and O–H groups in total. The van der Waals surface area contributed by atoms with Crippen LogP contribution in [0.3, 0.4) is 0 Å². The van der Waals surface area contributed by atoms with Crippen molar-refractivity contribution < 1.29 is 17.6 Å². The van der Waals surface area contributed by atoms with Crippen LogP contribution in [-0.2, 0) is 12.7 Å². The number of fused-ring (bicyclic) bond motifs is 1. The molecule has 0 bridgehead atoms. The molecule has 0 aliphatic carbocycles. The second kappa shape index (κ2) is 5.43. The highest BCUT2D eigenvalue weighted by molar-refractivity contribution is 9.10. The van der Waals surface area contributed by atoms with Gasteiger partial charge in [0.05, 0.1) is 11.1 Å². The molecule has 0 aliphatic heterocycles. The maximum atomic E-state index is 13.3. The summed E-state index contributed by atoms with van der Waals surface area (Å²) in [6, 6.07) is 9.59. The van der Waals surface area contributed by atoms with Gasteiger partial charge in [-0.25, -0.2) is 4.39 Å². The van der Waals surface area contributed by atoms with Gasteiger partial charge in [-0.15, -0.1) is 0 Å². The number of hydrogen-bond donors (Lipinski definition) is 0. The van der Waals surface area contributed by atoms with Crippen LogP contribution in [0.2, 0.25) is 0 Å². The van der Waals surface area contributed by atoms with Gasteiger partial charge in [-0.1, -0.05) is 12.1 Å². The first-order valence-corrected chi connectivity index (χ1v) is 7.24. The van der Waals surface area contributed by atoms with E-state index in [4.69, 9.17) is 0 Å². The van der Waals surface area contributed by atoms with Crippen molar-refractivity contribution in [3.05, 3.63) is 70.1 Å². The number of alkyl halides is 3. The Kier molecular flexibility index (Phi) is 3.72. The predicted octanol–water partition coefficient (Wildman–Crippen LogP) is 5.61. The standard InChI is InChI=1S/C16H10BrF4N/c17-14-8-13(18)7-11-5-6-22(15(11)14)9-10-1-3-12(4-2-10)16(19,20)21/h1-8H,9H2. The Hall–Kier alpha value is -1.82. The van der Waals surface area contributed by atoms with Crippen molar-refractivity contribution in [3.8, 4) is 0 Å². The molecule has 3 aromatic rings. The molecule has 0 fully saturated rings. The van der Waals surface area contributed by atoms with E-state index in [1.807, 2.05) is 4.57 Å². The summed E-state index contributed by atoms with van der Waals surface area (Å²) in [5.74, 6) is -0.341. The zero-order valence-corrected chi connectivity index (χ0v) is 12.7. The monoisotopic (exact) mass is 371 g/mol. The van der Waals surface area contributed by atoms with Crippen LogP contribution in [0.5, 0.6) is 0 Å². The van der Waals surface area contributed by atoms with Gasteiger partial charge < -0.3 is 4.57 Å². The number of benzene rings is 2. The highest BCUT2D eigenvalue weighted by Gasteiger charge is 2.29. The van der Waals surface area contributed by atoms with Gasteiger partial charge >= 0.3 is 6.18 Å². The second-order valence-corrected chi connectivity index (χ2v) is 5.82. The molecule has 1 nitrogen and oxygen atoms in total. The molecule has 0 spiro atoms. The van der Waals surface area contributed by atoms with Gasteiger partial charge in [0.1, 0.15) is 5.82 Å². The molecule has 0 amide bonds. The van der Waals surface area contributed by atoms with E-state index in [1.54, 1.807) is 12.3 Å². The summed E-state index contributed by atoms with van der Waals surface area (Å²) >= 11 is 3.32. The maximum Gasteiger partial charge on any atom is 0.416 e. The first-order valence-electron chi connectivity index (χ1n) is 6.44. The summed E-state index contributed by atoms with van der Waals surface area (Å²) in [5, 5.41) is 0.735. The molecular formula is C16H10BrF4N. The number of nitrogens with zero attached hydrogens (tertiary/aromatic N) is 1. The predicted molar refractivity (Wildman–Crippen MR) is 80.1 cm³/mol. The fraction of sp³-hybridized carbons (Fsp3) is 0.125. The Labute approximate surface area is 132 Å². The van der Waals surface area contributed by atoms with Gasteiger partial charge in [-0.3, -0.25) is 0 Å². The molecule has 6 heteroatoms. The average Bonchev–Trinajstić information content (AvgIpc) is 2.81. The van der Waals surface area contributed by atoms with Crippen LogP contribution in [0.25, 0.3) is 10.9 Å². The molecule has 0 atom stereocenters. The highest BCUT2D eigenvalue weighted by atomic mass is 79.9. The Bertz CT molecular complexity index is 819. The zero-order valence-electron chi connectivity index (χ0n) is 11.2. The Morgan fingerprint density at radius 2 is 1.68 bits per heavy atom. The highest BCUT2D eigenvalue weighted by Crippen LogP contribution is 2.30. The molecule has 3 rings (SSSR count). The van der Waals surface area contributed by atoms with Gasteiger partial charge in [-0.05, 0) is 51.8 Å². The summed E-state index contributed by atoms with van der Waals surface area (Å²) < 4.78 is 53.5. The van der Waals surface area contributed by atoms with E-state index < -0.39 is 11.7 Å². The number of hydrogen-bond acceptors (Lipinski definition) is 0. The van der Waals surface area contributed by atoms with Crippen molar-refractivity contribution in [2.24, 2.45) is 0 Å². The minimum absolute atomic E-state index is 0.341. The summed E-state index contributed by atoms with van der Waals surface area (Å²) in [5.41, 5.74) is 0.875. The number of rotatable bonds is 2. The van der Waals surface area contributed by atoms with Crippen molar-refractivity contribution in [2.45, 2.75) is 12.7 Å². The third-order valence-corrected chi connectivity index (χ3v) is 4.02. The normalized spacial score (nSPS) is 12.0. The smallest absolute Gasteiger partial charge is 0.342 e. The molecule has 22 heavy (non-hydrogen) atoms. The largest absolute Gasteiger partial charge is 0.416 e. The number of halogens is 5. The van der Waals surface area contributed by atoms with Crippen molar-refractivity contribution in [1.29, 1.82) is 0 Å². The molecule has 1 heterocycles. The van der Waals surface area contributed by atoms with Crippen LogP contribution < -0.4 is 0 Å². The van der Waals surface area contributed by atoms with E-state index in [9.17, 15) is 17.6 Å². The first-order chi connectivity index (χ1) is 10.3. The fourth-order valence-electron chi connectivity index (χ4n) is 2.39. The minimum Gasteiger partial charge on any atom is -0.342 e. The molecule has 1 aromatic heterocycles. The molecule has 2 aromatic carbocycles. The third-order valence-electron chi connectivity index (χ3n) is 3.41. The molecule has 0 aliphatic rings. The summed E-state index contributed by atoms with van der Waals surface area (Å²) in [7, 11) is 0. The van der Waals surface area contributed by atoms with E-state index >= 15 is 0 Å². The molecule has 0 saturated heterocycles. The van der Waals surface area contributed by atoms with Crippen LogP contribution >= 0.6 is 15.9 Å². The number of aromatic nitrogens is 1. The minimum atomic E-state index is -4.33. The Balaban J connectivity index is 1.94. The van der Waals surface area contributed by atoms with Crippen LogP contribution in [0, 0.1) is 5.82 Å². The Morgan fingerprint density at radius 1 is 1.00 bits per heavy atom. The molecule has 0 unspecified atom stereocenters. The van der Waals surface area contributed by atoms with Gasteiger partial charge in [-0.2, -0.15) is 13.2 Å². The van der Waals surface area contributed by atoms with Crippen molar-refractivity contribution in [2.75, 3.05) is 0 Å². The van der Waals surface area contributed by atoms with Crippen molar-refractivity contribution in [3.63, 3.8) is 0 Å². The van der Waals surface area contributed by atoms with E-state index in [1.165, 1.54) is 24.3 Å². The average molecular weight is 372 g/mol. The fourth-order valence-corrected chi connectivity index (χ4v) is 3.06. The quantitative estimate of drug-likeness (QED) is 0.516. The summed E-state index contributed by atoms with van der Waals surface area (Å²) in [4.78, 5) is 0. The second-order valence-electron chi connectivity index (χ2n) is 4.96. The summed E-state index contributed by atoms with van der Waals surface area (Å²) in [6.45, 7) is 0.409. The summed E-state index contributed by atoms with van der Waals surface area (Å²) in [6.07, 6.45) is -2.55. The third kappa shape index (κ3) is 2.88. The van der Waals surface area contributed by atoms with E-state index in [2.05, 4.69) is 15.9 Å². The topological polar surface area (TPSA) is 4.93 Å². The van der Waals surface area contributed by atoms with E-state index in [-0.39, 0.29) is 5.82 Å². The lowest BCUT2D eigenvalue weighted by molar-refractivity contribution is -0.137. The molecule has 114 valence electrons. The Morgan fingerprint density at radius 3 is 2.32 bits per heavy atom. The maximum absolute atomic E-state index is 13.3. The molecular weight excluding hydrogens is 362 g/mol. The van der Waals surface area contributed by atoms with Crippen LogP contribution in [-0.4, -0.2) is 4.57 Å². The van der Waals surface area contributed by atoms with Crippen molar-refractivity contribution >= 4 is 26.8 Å². The van der Waals surface area contributed by atoms with Crippen LogP contribution in [0.4, 0.5) is 17.6 Å². The molecule has 0 saturated carbocycles. The van der Waals surface area contributed by atoms with E-state index in [0.29, 0.717) is 11.0 Å². The van der Waals surface area contributed by atoms with Gasteiger partial charge in [0.2, 0.25) is 0 Å². The SMILES string of the molecule is Fc1cc(Br)c2c(ccn2Cc2ccc(C(F)(F)F)cc2)c1. The van der Waals surface area contributed by atoms with Crippen LogP contribution in [0.1, 0.15) is 11.1 Å². The zero-order chi connectivity index (χ0) is 15.9. The van der Waals surface area contributed by atoms with Crippen molar-refractivity contribution in [1.82, 2.24) is 4.57 Å². The van der Waals surface area contributed by atoms with Crippen LogP contribution in [0.15, 0.2) is 53.1 Å². The lowest BCUT2D eigenvalue weighted by atomic mass is 10.1. The van der Waals surface area contributed by atoms with Gasteiger partial charge in [0.15, 0.2) is 0 Å². The van der Waals surface area contributed by atoms with E-state index in [0.717, 1.165) is 28.6 Å². The first kappa shape index (κ1) is 15.1. The van der Waals surface area contributed by atoms with Gasteiger partial charge in [0, 0.05) is 22.6 Å². The lowest BCUT2D eigenvalue weighted by Crippen LogP contribution is -2.05.